The van der Waals surface area contributed by atoms with E-state index in [1.165, 1.54) is 18.2 Å². The fourth-order valence-electron chi connectivity index (χ4n) is 4.33. The zero-order valence-electron chi connectivity index (χ0n) is 19.1. The van der Waals surface area contributed by atoms with Gasteiger partial charge in [0.1, 0.15) is 0 Å². The summed E-state index contributed by atoms with van der Waals surface area (Å²) in [5.41, 5.74) is 1.20. The van der Waals surface area contributed by atoms with Crippen molar-refractivity contribution < 1.29 is 27.0 Å². The minimum atomic E-state index is -1.06. The van der Waals surface area contributed by atoms with Crippen LogP contribution in [0.25, 0.3) is 22.3 Å². The highest BCUT2D eigenvalue weighted by atomic mass is 19.2. The molecule has 0 saturated carbocycles. The third kappa shape index (κ3) is 4.73. The first-order chi connectivity index (χ1) is 16.4. The van der Waals surface area contributed by atoms with Crippen molar-refractivity contribution in [2.75, 3.05) is 13.2 Å². The second-order valence-corrected chi connectivity index (χ2v) is 8.27. The molecule has 0 spiro atoms. The first-order valence-electron chi connectivity index (χ1n) is 11.4. The molecule has 2 atom stereocenters. The Hall–Kier alpha value is -3.12. The van der Waals surface area contributed by atoms with Crippen molar-refractivity contribution in [2.45, 2.75) is 32.8 Å². The summed E-state index contributed by atoms with van der Waals surface area (Å²) >= 11 is 0. The van der Waals surface area contributed by atoms with Gasteiger partial charge in [0.15, 0.2) is 23.2 Å². The third-order valence-corrected chi connectivity index (χ3v) is 6.09. The molecule has 1 aliphatic heterocycles. The SMILES string of the molecule is C/C=C/C1CCC(c2ccc(-c3ccc(-c4ccc(OCC)c(F)c4F)cc3)c(F)c2F)OC1. The van der Waals surface area contributed by atoms with Gasteiger partial charge in [0.2, 0.25) is 5.82 Å². The Morgan fingerprint density at radius 1 is 0.824 bits per heavy atom. The molecule has 1 saturated heterocycles. The standard InChI is InChI=1S/C28H26F4O2/c1-3-5-17-6-14-23(34-16-17)22-12-11-20(25(29)27(22)31)18-7-9-19(10-8-18)21-13-15-24(33-4-2)28(32)26(21)30/h3,5,7-13,15,17,23H,4,6,14,16H2,1-2H3/b5-3+. The Bertz CT molecular complexity index is 1180. The van der Waals surface area contributed by atoms with Crippen LogP contribution >= 0.6 is 0 Å². The van der Waals surface area contributed by atoms with Gasteiger partial charge >= 0.3 is 0 Å². The molecule has 0 bridgehead atoms. The van der Waals surface area contributed by atoms with Crippen LogP contribution < -0.4 is 4.74 Å². The summed E-state index contributed by atoms with van der Waals surface area (Å²) in [6, 6.07) is 12.1. The summed E-state index contributed by atoms with van der Waals surface area (Å²) < 4.78 is 69.5. The number of allylic oxidation sites excluding steroid dienone is 1. The van der Waals surface area contributed by atoms with Crippen molar-refractivity contribution >= 4 is 0 Å². The van der Waals surface area contributed by atoms with Gasteiger partial charge in [-0.05, 0) is 49.9 Å². The minimum absolute atomic E-state index is 0.0557. The van der Waals surface area contributed by atoms with Crippen LogP contribution in [0.3, 0.4) is 0 Å². The van der Waals surface area contributed by atoms with E-state index in [9.17, 15) is 17.6 Å². The highest BCUT2D eigenvalue weighted by Gasteiger charge is 2.26. The Kier molecular flexibility index (Phi) is 7.37. The number of hydrogen-bond donors (Lipinski definition) is 0. The van der Waals surface area contributed by atoms with E-state index in [1.807, 2.05) is 13.0 Å². The smallest absolute Gasteiger partial charge is 0.201 e. The van der Waals surface area contributed by atoms with Gasteiger partial charge in [-0.15, -0.1) is 0 Å². The van der Waals surface area contributed by atoms with Crippen LogP contribution in [0, 0.1) is 29.2 Å². The monoisotopic (exact) mass is 470 g/mol. The molecule has 3 aromatic carbocycles. The first-order valence-corrected chi connectivity index (χ1v) is 11.4. The number of halogens is 4. The van der Waals surface area contributed by atoms with Crippen LogP contribution in [-0.2, 0) is 4.74 Å². The molecule has 6 heteroatoms. The molecular formula is C28H26F4O2. The topological polar surface area (TPSA) is 18.5 Å². The molecule has 34 heavy (non-hydrogen) atoms. The average Bonchev–Trinajstić information content (AvgIpc) is 2.85. The lowest BCUT2D eigenvalue weighted by atomic mass is 9.92. The van der Waals surface area contributed by atoms with E-state index in [4.69, 9.17) is 9.47 Å². The Morgan fingerprint density at radius 2 is 1.44 bits per heavy atom. The van der Waals surface area contributed by atoms with E-state index >= 15 is 0 Å². The maximum absolute atomic E-state index is 15.0. The van der Waals surface area contributed by atoms with Crippen LogP contribution in [0.2, 0.25) is 0 Å². The number of hydrogen-bond acceptors (Lipinski definition) is 2. The van der Waals surface area contributed by atoms with Crippen LogP contribution in [0.1, 0.15) is 38.4 Å². The fraction of sp³-hybridized carbons (Fsp3) is 0.286. The molecule has 178 valence electrons. The maximum atomic E-state index is 15.0. The number of rotatable bonds is 6. The molecule has 1 heterocycles. The first kappa shape index (κ1) is 24.0. The molecule has 1 fully saturated rings. The molecule has 1 aliphatic rings. The quantitative estimate of drug-likeness (QED) is 0.268. The van der Waals surface area contributed by atoms with Crippen molar-refractivity contribution in [3.63, 3.8) is 0 Å². The Balaban J connectivity index is 1.57. The predicted octanol–water partition coefficient (Wildman–Crippen LogP) is 8.02. The lowest BCUT2D eigenvalue weighted by Crippen LogP contribution is -2.20. The lowest BCUT2D eigenvalue weighted by Gasteiger charge is -2.28. The summed E-state index contributed by atoms with van der Waals surface area (Å²) in [6.45, 7) is 4.32. The van der Waals surface area contributed by atoms with Crippen molar-refractivity contribution in [3.8, 4) is 28.0 Å². The van der Waals surface area contributed by atoms with E-state index in [0.717, 1.165) is 6.42 Å². The maximum Gasteiger partial charge on any atom is 0.201 e. The summed E-state index contributed by atoms with van der Waals surface area (Å²) in [6.07, 6.45) is 5.01. The lowest BCUT2D eigenvalue weighted by molar-refractivity contribution is -0.00743. The van der Waals surface area contributed by atoms with Gasteiger partial charge in [-0.2, -0.15) is 4.39 Å². The molecule has 0 radical (unpaired) electrons. The second kappa shape index (κ2) is 10.4. The molecule has 0 aliphatic carbocycles. The highest BCUT2D eigenvalue weighted by Crippen LogP contribution is 2.37. The van der Waals surface area contributed by atoms with Gasteiger partial charge in [-0.25, -0.2) is 13.2 Å². The van der Waals surface area contributed by atoms with Gasteiger partial charge in [-0.3, -0.25) is 0 Å². The summed E-state index contributed by atoms with van der Waals surface area (Å²) in [5, 5.41) is 0. The third-order valence-electron chi connectivity index (χ3n) is 6.09. The van der Waals surface area contributed by atoms with Crippen LogP contribution in [0.5, 0.6) is 5.75 Å². The molecule has 3 aromatic rings. The Labute approximate surface area is 196 Å². The van der Waals surface area contributed by atoms with E-state index in [0.29, 0.717) is 30.1 Å². The molecule has 4 rings (SSSR count). The summed E-state index contributed by atoms with van der Waals surface area (Å²) in [5.74, 6) is -3.82. The Morgan fingerprint density at radius 3 is 2.00 bits per heavy atom. The predicted molar refractivity (Wildman–Crippen MR) is 125 cm³/mol. The van der Waals surface area contributed by atoms with Crippen molar-refractivity contribution in [1.82, 2.24) is 0 Å². The van der Waals surface area contributed by atoms with Gasteiger partial charge in [0.05, 0.1) is 19.3 Å². The van der Waals surface area contributed by atoms with E-state index in [1.54, 1.807) is 37.3 Å². The normalized spacial score (nSPS) is 18.4. The largest absolute Gasteiger partial charge is 0.491 e. The summed E-state index contributed by atoms with van der Waals surface area (Å²) in [7, 11) is 0. The van der Waals surface area contributed by atoms with Gasteiger partial charge in [0.25, 0.3) is 0 Å². The van der Waals surface area contributed by atoms with Crippen LogP contribution in [0.15, 0.2) is 60.7 Å². The molecule has 2 unspecified atom stereocenters. The van der Waals surface area contributed by atoms with Gasteiger partial charge < -0.3 is 9.47 Å². The van der Waals surface area contributed by atoms with Crippen LogP contribution in [0.4, 0.5) is 17.6 Å². The van der Waals surface area contributed by atoms with Gasteiger partial charge in [-0.1, -0.05) is 48.6 Å². The van der Waals surface area contributed by atoms with E-state index in [2.05, 4.69) is 6.08 Å². The zero-order valence-corrected chi connectivity index (χ0v) is 19.1. The minimum Gasteiger partial charge on any atom is -0.491 e. The molecule has 0 amide bonds. The molecule has 0 N–H and O–H groups in total. The fourth-order valence-corrected chi connectivity index (χ4v) is 4.33. The zero-order chi connectivity index (χ0) is 24.2. The van der Waals surface area contributed by atoms with Crippen molar-refractivity contribution in [1.29, 1.82) is 0 Å². The molecular weight excluding hydrogens is 444 g/mol. The number of ether oxygens (including phenoxy) is 2. The van der Waals surface area contributed by atoms with Crippen molar-refractivity contribution in [3.05, 3.63) is 89.5 Å². The number of benzene rings is 3. The van der Waals surface area contributed by atoms with E-state index in [-0.39, 0.29) is 29.0 Å². The second-order valence-electron chi connectivity index (χ2n) is 8.27. The molecule has 2 nitrogen and oxygen atoms in total. The van der Waals surface area contributed by atoms with Crippen LogP contribution in [-0.4, -0.2) is 13.2 Å². The highest BCUT2D eigenvalue weighted by molar-refractivity contribution is 5.71. The summed E-state index contributed by atoms with van der Waals surface area (Å²) in [4.78, 5) is 0. The van der Waals surface area contributed by atoms with Crippen molar-refractivity contribution in [2.24, 2.45) is 5.92 Å². The molecule has 0 aromatic heterocycles. The van der Waals surface area contributed by atoms with E-state index < -0.39 is 29.4 Å². The average molecular weight is 471 g/mol. The van der Waals surface area contributed by atoms with Gasteiger partial charge in [0, 0.05) is 22.6 Å².